The summed E-state index contributed by atoms with van der Waals surface area (Å²) in [6.45, 7) is 4.35. The topological polar surface area (TPSA) is 251 Å². The Hall–Kier alpha value is -5.38. The second-order valence-corrected chi connectivity index (χ2v) is 11.1. The van der Waals surface area contributed by atoms with Crippen LogP contribution < -0.4 is 27.0 Å². The number of carbonyl (C=O) groups excluding carboxylic acids is 4. The van der Waals surface area contributed by atoms with Crippen molar-refractivity contribution in [2.24, 2.45) is 21.9 Å². The number of hydrogen-bond donors (Lipinski definition) is 7. The van der Waals surface area contributed by atoms with Crippen LogP contribution in [0.1, 0.15) is 46.5 Å². The highest BCUT2D eigenvalue weighted by Gasteiger charge is 2.30. The third-order valence-electron chi connectivity index (χ3n) is 6.03. The summed E-state index contributed by atoms with van der Waals surface area (Å²) in [5.41, 5.74) is 6.50. The predicted molar refractivity (Wildman–Crippen MR) is 167 cm³/mol. The van der Waals surface area contributed by atoms with Gasteiger partial charge in [0.05, 0.1) is 30.4 Å². The monoisotopic (exact) mass is 641 g/mol. The van der Waals surface area contributed by atoms with E-state index in [9.17, 15) is 39.0 Å². The standard InChI is InChI=1S/C30H39N7O9/c1-30(2,3)46-29(45)35-23(28(43)44)15-18(27(41)42)5-4-6-24(38)32-17-26(40)34-20-9-13-22(14-10-20)37-36-21-11-7-19(8-12-21)33-25(39)16-31/h7-14,18,23H,4-6,15-17,31H2,1-3H3,(H,32,38)(H,33,39)(H,34,40)(H,35,45)(H,41,42)(H,43,44)/t18?,23-/m1/s1. The minimum atomic E-state index is -1.50. The number of nitrogens with zero attached hydrogens (tertiary/aromatic N) is 2. The average molecular weight is 642 g/mol. The molecule has 0 aromatic heterocycles. The molecule has 0 aliphatic rings. The van der Waals surface area contributed by atoms with Crippen molar-refractivity contribution in [3.8, 4) is 0 Å². The molecular weight excluding hydrogens is 602 g/mol. The van der Waals surface area contributed by atoms with E-state index in [2.05, 4.69) is 31.5 Å². The van der Waals surface area contributed by atoms with Crippen LogP contribution in [0.25, 0.3) is 0 Å². The first-order valence-corrected chi connectivity index (χ1v) is 14.3. The van der Waals surface area contributed by atoms with Crippen molar-refractivity contribution < 1.29 is 43.7 Å². The molecule has 2 aromatic carbocycles. The van der Waals surface area contributed by atoms with E-state index < -0.39 is 53.8 Å². The van der Waals surface area contributed by atoms with Gasteiger partial charge in [0.1, 0.15) is 11.6 Å². The molecule has 0 saturated heterocycles. The maximum atomic E-state index is 12.3. The molecule has 0 fully saturated rings. The zero-order valence-electron chi connectivity index (χ0n) is 25.7. The number of amides is 4. The largest absolute Gasteiger partial charge is 0.481 e. The van der Waals surface area contributed by atoms with Crippen molar-refractivity contribution in [3.05, 3.63) is 48.5 Å². The van der Waals surface area contributed by atoms with Gasteiger partial charge in [0.2, 0.25) is 17.7 Å². The van der Waals surface area contributed by atoms with Crippen molar-refractivity contribution in [1.82, 2.24) is 10.6 Å². The fourth-order valence-electron chi connectivity index (χ4n) is 3.83. The Morgan fingerprint density at radius 2 is 1.33 bits per heavy atom. The van der Waals surface area contributed by atoms with Gasteiger partial charge in [-0.1, -0.05) is 0 Å². The number of aliphatic carboxylic acids is 2. The van der Waals surface area contributed by atoms with E-state index in [0.29, 0.717) is 22.7 Å². The predicted octanol–water partition coefficient (Wildman–Crippen LogP) is 3.29. The summed E-state index contributed by atoms with van der Waals surface area (Å²) in [7, 11) is 0. The summed E-state index contributed by atoms with van der Waals surface area (Å²) < 4.78 is 5.03. The summed E-state index contributed by atoms with van der Waals surface area (Å²) in [5.74, 6) is -5.14. The van der Waals surface area contributed by atoms with Crippen LogP contribution in [-0.2, 0) is 28.7 Å². The molecule has 0 heterocycles. The van der Waals surface area contributed by atoms with Crippen molar-refractivity contribution in [3.63, 3.8) is 0 Å². The molecule has 46 heavy (non-hydrogen) atoms. The van der Waals surface area contributed by atoms with E-state index in [1.807, 2.05) is 0 Å². The second kappa shape index (κ2) is 17.8. The van der Waals surface area contributed by atoms with Gasteiger partial charge in [-0.15, -0.1) is 0 Å². The van der Waals surface area contributed by atoms with Crippen molar-refractivity contribution in [2.75, 3.05) is 23.7 Å². The molecule has 2 aromatic rings. The summed E-state index contributed by atoms with van der Waals surface area (Å²) in [4.78, 5) is 71.1. The number of carbonyl (C=O) groups is 6. The molecule has 0 spiro atoms. The van der Waals surface area contributed by atoms with E-state index in [1.165, 1.54) is 0 Å². The van der Waals surface area contributed by atoms with Crippen LogP contribution in [0.15, 0.2) is 58.8 Å². The maximum Gasteiger partial charge on any atom is 0.408 e. The first-order chi connectivity index (χ1) is 21.6. The van der Waals surface area contributed by atoms with E-state index in [1.54, 1.807) is 69.3 Å². The van der Waals surface area contributed by atoms with Gasteiger partial charge in [-0.05, 0) is 88.6 Å². The summed E-state index contributed by atoms with van der Waals surface area (Å²) in [5, 5.41) is 37.1. The summed E-state index contributed by atoms with van der Waals surface area (Å²) in [6, 6.07) is 11.6. The minimum absolute atomic E-state index is 0.0310. The first-order valence-electron chi connectivity index (χ1n) is 14.3. The van der Waals surface area contributed by atoms with Crippen LogP contribution in [0.5, 0.6) is 0 Å². The van der Waals surface area contributed by atoms with Gasteiger partial charge < -0.3 is 42.0 Å². The van der Waals surface area contributed by atoms with Crippen molar-refractivity contribution >= 4 is 58.5 Å². The van der Waals surface area contributed by atoms with Gasteiger partial charge in [0.15, 0.2) is 0 Å². The summed E-state index contributed by atoms with van der Waals surface area (Å²) >= 11 is 0. The molecule has 248 valence electrons. The molecule has 0 aliphatic carbocycles. The number of benzene rings is 2. The Labute approximate surface area is 265 Å². The molecule has 2 rings (SSSR count). The van der Waals surface area contributed by atoms with Crippen molar-refractivity contribution in [2.45, 2.75) is 58.1 Å². The molecule has 1 unspecified atom stereocenters. The maximum absolute atomic E-state index is 12.3. The average Bonchev–Trinajstić information content (AvgIpc) is 2.98. The lowest BCUT2D eigenvalue weighted by molar-refractivity contribution is -0.144. The molecule has 0 aliphatic heterocycles. The van der Waals surface area contributed by atoms with Gasteiger partial charge >= 0.3 is 18.0 Å². The van der Waals surface area contributed by atoms with Crippen LogP contribution >= 0.6 is 0 Å². The Kier molecular flexibility index (Phi) is 14.2. The van der Waals surface area contributed by atoms with Crippen LogP contribution in [0.3, 0.4) is 0 Å². The lowest BCUT2D eigenvalue weighted by Gasteiger charge is -2.23. The van der Waals surface area contributed by atoms with Gasteiger partial charge in [0.25, 0.3) is 0 Å². The van der Waals surface area contributed by atoms with E-state index in [4.69, 9.17) is 10.5 Å². The van der Waals surface area contributed by atoms with Crippen LogP contribution in [-0.4, -0.2) is 70.7 Å². The zero-order valence-corrected chi connectivity index (χ0v) is 25.7. The number of nitrogens with one attached hydrogen (secondary N) is 4. The molecule has 16 nitrogen and oxygen atoms in total. The normalized spacial score (nSPS) is 12.4. The number of hydrogen-bond acceptors (Lipinski definition) is 10. The molecule has 0 bridgehead atoms. The lowest BCUT2D eigenvalue weighted by Crippen LogP contribution is -2.45. The number of carboxylic acid groups (broad SMARTS) is 2. The first kappa shape index (κ1) is 36.8. The SMILES string of the molecule is CC(C)(C)OC(=O)N[C@H](CC(CCCC(=O)NCC(=O)Nc1ccc(N=Nc2ccc(NC(=O)CN)cc2)cc1)C(=O)O)C(=O)O. The fourth-order valence-corrected chi connectivity index (χ4v) is 3.83. The number of azo groups is 1. The number of anilines is 2. The highest BCUT2D eigenvalue weighted by atomic mass is 16.6. The van der Waals surface area contributed by atoms with Crippen molar-refractivity contribution in [1.29, 1.82) is 0 Å². The number of rotatable bonds is 16. The Bertz CT molecular complexity index is 1410. The van der Waals surface area contributed by atoms with E-state index >= 15 is 0 Å². The highest BCUT2D eigenvalue weighted by Crippen LogP contribution is 2.22. The number of ether oxygens (including phenoxy) is 1. The Morgan fingerprint density at radius 1 is 0.804 bits per heavy atom. The van der Waals surface area contributed by atoms with Gasteiger partial charge in [0, 0.05) is 17.8 Å². The fraction of sp³-hybridized carbons (Fsp3) is 0.400. The second-order valence-electron chi connectivity index (χ2n) is 11.1. The molecule has 16 heteroatoms. The van der Waals surface area contributed by atoms with Gasteiger partial charge in [-0.2, -0.15) is 10.2 Å². The third-order valence-corrected chi connectivity index (χ3v) is 6.03. The molecular formula is C30H39N7O9. The van der Waals surface area contributed by atoms with E-state index in [0.717, 1.165) is 0 Å². The number of nitrogens with two attached hydrogens (primary N) is 1. The van der Waals surface area contributed by atoms with Crippen LogP contribution in [0.2, 0.25) is 0 Å². The van der Waals surface area contributed by atoms with Gasteiger partial charge in [-0.25, -0.2) is 9.59 Å². The molecule has 4 amide bonds. The minimum Gasteiger partial charge on any atom is -0.481 e. The Balaban J connectivity index is 1.76. The summed E-state index contributed by atoms with van der Waals surface area (Å²) in [6.07, 6.45) is -1.42. The molecule has 0 saturated carbocycles. The quantitative estimate of drug-likeness (QED) is 0.132. The number of carboxylic acids is 2. The highest BCUT2D eigenvalue weighted by molar-refractivity contribution is 5.94. The van der Waals surface area contributed by atoms with Gasteiger partial charge in [-0.3, -0.25) is 19.2 Å². The lowest BCUT2D eigenvalue weighted by atomic mass is 9.94. The van der Waals surface area contributed by atoms with Crippen LogP contribution in [0, 0.1) is 5.92 Å². The third kappa shape index (κ3) is 14.4. The van der Waals surface area contributed by atoms with E-state index in [-0.39, 0.29) is 38.3 Å². The smallest absolute Gasteiger partial charge is 0.408 e. The van der Waals surface area contributed by atoms with Crippen LogP contribution in [0.4, 0.5) is 27.5 Å². The Morgan fingerprint density at radius 3 is 1.78 bits per heavy atom. The molecule has 0 radical (unpaired) electrons. The zero-order chi connectivity index (χ0) is 34.3. The number of alkyl carbamates (subject to hydrolysis) is 1. The molecule has 2 atom stereocenters. The molecule has 8 N–H and O–H groups in total.